The van der Waals surface area contributed by atoms with Gasteiger partial charge in [-0.2, -0.15) is 0 Å². The summed E-state index contributed by atoms with van der Waals surface area (Å²) >= 11 is 0. The molecule has 0 aromatic carbocycles. The largest absolute Gasteiger partial charge is 0.450 e. The van der Waals surface area contributed by atoms with Crippen molar-refractivity contribution in [1.29, 1.82) is 0 Å². The van der Waals surface area contributed by atoms with Crippen LogP contribution >= 0.6 is 0 Å². The number of carbonyl (C=O) groups is 2. The topological polar surface area (TPSA) is 49.9 Å². The van der Waals surface area contributed by atoms with Gasteiger partial charge >= 0.3 is 6.09 Å². The molecule has 0 atom stereocenters. The first-order chi connectivity index (χ1) is 10.2. The lowest BCUT2D eigenvalue weighted by molar-refractivity contribution is -0.133. The Morgan fingerprint density at radius 3 is 2.24 bits per heavy atom. The highest BCUT2D eigenvalue weighted by Crippen LogP contribution is 2.27. The predicted octanol–water partition coefficient (Wildman–Crippen LogP) is 2.65. The summed E-state index contributed by atoms with van der Waals surface area (Å²) in [6.45, 7) is 4.68. The zero-order valence-corrected chi connectivity index (χ0v) is 13.2. The van der Waals surface area contributed by atoms with Crippen LogP contribution in [-0.2, 0) is 9.53 Å². The van der Waals surface area contributed by atoms with Gasteiger partial charge in [-0.25, -0.2) is 4.79 Å². The summed E-state index contributed by atoms with van der Waals surface area (Å²) in [6.07, 6.45) is 8.07. The van der Waals surface area contributed by atoms with Crippen molar-refractivity contribution in [2.75, 3.05) is 32.8 Å². The molecule has 5 nitrogen and oxygen atoms in total. The van der Waals surface area contributed by atoms with E-state index >= 15 is 0 Å². The summed E-state index contributed by atoms with van der Waals surface area (Å²) < 4.78 is 4.99. The number of rotatable bonds is 4. The SMILES string of the molecule is CCOC(=O)N1CCN(C(=O)CCC2CCCCC2)CC1. The van der Waals surface area contributed by atoms with E-state index in [1.165, 1.54) is 32.1 Å². The van der Waals surface area contributed by atoms with Crippen LogP contribution in [0.3, 0.4) is 0 Å². The molecule has 1 saturated carbocycles. The predicted molar refractivity (Wildman–Crippen MR) is 81.0 cm³/mol. The number of hydrogen-bond acceptors (Lipinski definition) is 3. The van der Waals surface area contributed by atoms with Gasteiger partial charge in [-0.05, 0) is 19.3 Å². The highest BCUT2D eigenvalue weighted by Gasteiger charge is 2.25. The van der Waals surface area contributed by atoms with Crippen LogP contribution in [0.2, 0.25) is 0 Å². The van der Waals surface area contributed by atoms with E-state index in [-0.39, 0.29) is 12.0 Å². The highest BCUT2D eigenvalue weighted by molar-refractivity contribution is 5.76. The Labute approximate surface area is 127 Å². The molecule has 2 aliphatic rings. The average Bonchev–Trinajstić information content (AvgIpc) is 2.54. The van der Waals surface area contributed by atoms with Gasteiger partial charge in [0.1, 0.15) is 0 Å². The lowest BCUT2D eigenvalue weighted by Gasteiger charge is -2.34. The van der Waals surface area contributed by atoms with Crippen molar-refractivity contribution in [3.8, 4) is 0 Å². The molecule has 0 spiro atoms. The van der Waals surface area contributed by atoms with Crippen molar-refractivity contribution in [2.24, 2.45) is 5.92 Å². The van der Waals surface area contributed by atoms with Crippen LogP contribution in [0.4, 0.5) is 4.79 Å². The molecule has 1 aliphatic heterocycles. The Hall–Kier alpha value is -1.26. The van der Waals surface area contributed by atoms with E-state index in [1.54, 1.807) is 4.90 Å². The molecule has 2 amide bonds. The Bertz CT molecular complexity index is 345. The second kappa shape index (κ2) is 8.25. The molecule has 0 aromatic rings. The first-order valence-corrected chi connectivity index (χ1v) is 8.40. The first-order valence-electron chi connectivity index (χ1n) is 8.40. The van der Waals surface area contributed by atoms with E-state index < -0.39 is 0 Å². The smallest absolute Gasteiger partial charge is 0.409 e. The molecular weight excluding hydrogens is 268 g/mol. The van der Waals surface area contributed by atoms with Crippen molar-refractivity contribution in [3.63, 3.8) is 0 Å². The van der Waals surface area contributed by atoms with E-state index in [2.05, 4.69) is 0 Å². The molecule has 2 rings (SSSR count). The van der Waals surface area contributed by atoms with Crippen molar-refractivity contribution in [1.82, 2.24) is 9.80 Å². The Morgan fingerprint density at radius 1 is 1.00 bits per heavy atom. The number of amides is 2. The minimum atomic E-state index is -0.258. The molecule has 0 radical (unpaired) electrons. The standard InChI is InChI=1S/C16H28N2O3/c1-2-21-16(20)18-12-10-17(11-13-18)15(19)9-8-14-6-4-3-5-7-14/h14H,2-13H2,1H3. The quantitative estimate of drug-likeness (QED) is 0.801. The molecular formula is C16H28N2O3. The molecule has 0 bridgehead atoms. The van der Waals surface area contributed by atoms with Crippen molar-refractivity contribution in [3.05, 3.63) is 0 Å². The number of hydrogen-bond donors (Lipinski definition) is 0. The van der Waals surface area contributed by atoms with Crippen LogP contribution in [0, 0.1) is 5.92 Å². The van der Waals surface area contributed by atoms with Crippen molar-refractivity contribution in [2.45, 2.75) is 51.9 Å². The van der Waals surface area contributed by atoms with Crippen LogP contribution in [0.15, 0.2) is 0 Å². The van der Waals surface area contributed by atoms with Gasteiger partial charge in [-0.15, -0.1) is 0 Å². The number of ether oxygens (including phenoxy) is 1. The molecule has 0 N–H and O–H groups in total. The molecule has 1 aliphatic carbocycles. The fraction of sp³-hybridized carbons (Fsp3) is 0.875. The molecule has 5 heteroatoms. The molecule has 1 heterocycles. The van der Waals surface area contributed by atoms with Crippen molar-refractivity contribution < 1.29 is 14.3 Å². The summed E-state index contributed by atoms with van der Waals surface area (Å²) in [5, 5.41) is 0. The maximum Gasteiger partial charge on any atom is 0.409 e. The van der Waals surface area contributed by atoms with Gasteiger partial charge in [0.05, 0.1) is 6.61 Å². The van der Waals surface area contributed by atoms with E-state index in [9.17, 15) is 9.59 Å². The second-order valence-corrected chi connectivity index (χ2v) is 6.11. The Morgan fingerprint density at radius 2 is 1.62 bits per heavy atom. The summed E-state index contributed by atoms with van der Waals surface area (Å²) in [7, 11) is 0. The number of piperazine rings is 1. The van der Waals surface area contributed by atoms with Gasteiger partial charge in [0.15, 0.2) is 0 Å². The maximum absolute atomic E-state index is 12.2. The van der Waals surface area contributed by atoms with Gasteiger partial charge in [0.25, 0.3) is 0 Å². The third-order valence-corrected chi connectivity index (χ3v) is 4.65. The number of carbonyl (C=O) groups excluding carboxylic acids is 2. The van der Waals surface area contributed by atoms with E-state index in [1.807, 2.05) is 11.8 Å². The fourth-order valence-corrected chi connectivity index (χ4v) is 3.31. The normalized spacial score (nSPS) is 20.4. The minimum absolute atomic E-state index is 0.254. The molecule has 0 unspecified atom stereocenters. The van der Waals surface area contributed by atoms with Crippen LogP contribution in [0.25, 0.3) is 0 Å². The summed E-state index contributed by atoms with van der Waals surface area (Å²) in [5.74, 6) is 1.01. The van der Waals surface area contributed by atoms with Crippen LogP contribution in [0.5, 0.6) is 0 Å². The zero-order valence-electron chi connectivity index (χ0n) is 13.2. The van der Waals surface area contributed by atoms with E-state index in [0.29, 0.717) is 39.2 Å². The van der Waals surface area contributed by atoms with Crippen molar-refractivity contribution >= 4 is 12.0 Å². The number of nitrogens with zero attached hydrogens (tertiary/aromatic N) is 2. The van der Waals surface area contributed by atoms with Gasteiger partial charge in [0, 0.05) is 32.6 Å². The first kappa shape index (κ1) is 16.1. The Kier molecular flexibility index (Phi) is 6.33. The van der Waals surface area contributed by atoms with Gasteiger partial charge in [-0.3, -0.25) is 4.79 Å². The molecule has 2 fully saturated rings. The molecule has 120 valence electrons. The second-order valence-electron chi connectivity index (χ2n) is 6.11. The third-order valence-electron chi connectivity index (χ3n) is 4.65. The van der Waals surface area contributed by atoms with Crippen LogP contribution in [0.1, 0.15) is 51.9 Å². The zero-order chi connectivity index (χ0) is 15.1. The lowest BCUT2D eigenvalue weighted by Crippen LogP contribution is -2.50. The van der Waals surface area contributed by atoms with Gasteiger partial charge in [-0.1, -0.05) is 32.1 Å². The average molecular weight is 296 g/mol. The summed E-state index contributed by atoms with van der Waals surface area (Å²) in [5.41, 5.74) is 0. The lowest BCUT2D eigenvalue weighted by atomic mass is 9.86. The van der Waals surface area contributed by atoms with E-state index in [4.69, 9.17) is 4.74 Å². The monoisotopic (exact) mass is 296 g/mol. The highest BCUT2D eigenvalue weighted by atomic mass is 16.6. The summed E-state index contributed by atoms with van der Waals surface area (Å²) in [4.78, 5) is 27.4. The van der Waals surface area contributed by atoms with Gasteiger partial charge in [0.2, 0.25) is 5.91 Å². The fourth-order valence-electron chi connectivity index (χ4n) is 3.31. The molecule has 1 saturated heterocycles. The third kappa shape index (κ3) is 4.90. The van der Waals surface area contributed by atoms with Crippen LogP contribution < -0.4 is 0 Å². The minimum Gasteiger partial charge on any atom is -0.450 e. The van der Waals surface area contributed by atoms with Gasteiger partial charge < -0.3 is 14.5 Å². The Balaban J connectivity index is 1.66. The summed E-state index contributed by atoms with van der Waals surface area (Å²) in [6, 6.07) is 0. The van der Waals surface area contributed by atoms with E-state index in [0.717, 1.165) is 12.3 Å². The maximum atomic E-state index is 12.2. The van der Waals surface area contributed by atoms with Crippen LogP contribution in [-0.4, -0.2) is 54.6 Å². The molecule has 0 aromatic heterocycles. The molecule has 21 heavy (non-hydrogen) atoms.